The molecule has 0 radical (unpaired) electrons. The maximum absolute atomic E-state index is 5.59. The van der Waals surface area contributed by atoms with E-state index in [0.717, 1.165) is 29.4 Å². The number of aromatic nitrogens is 1. The second kappa shape index (κ2) is 6.54. The molecule has 1 heterocycles. The van der Waals surface area contributed by atoms with E-state index in [4.69, 9.17) is 5.84 Å². The highest BCUT2D eigenvalue weighted by Gasteiger charge is 2.13. The van der Waals surface area contributed by atoms with Gasteiger partial charge in [0.25, 0.3) is 0 Å². The number of nitrogens with zero attached hydrogens (tertiary/aromatic N) is 2. The molecule has 0 saturated heterocycles. The zero-order valence-electron chi connectivity index (χ0n) is 12.0. The number of hydrogen-bond acceptors (Lipinski definition) is 3. The Morgan fingerprint density at radius 1 is 1.19 bits per heavy atom. The van der Waals surface area contributed by atoms with Crippen LogP contribution in [0.1, 0.15) is 32.1 Å². The van der Waals surface area contributed by atoms with Crippen molar-refractivity contribution >= 4 is 22.5 Å². The highest BCUT2D eigenvalue weighted by molar-refractivity contribution is 5.95. The lowest BCUT2D eigenvalue weighted by Gasteiger charge is -2.19. The Morgan fingerprint density at radius 2 is 2.00 bits per heavy atom. The highest BCUT2D eigenvalue weighted by Crippen LogP contribution is 2.21. The fourth-order valence-corrected chi connectivity index (χ4v) is 2.77. The third kappa shape index (κ3) is 3.49. The van der Waals surface area contributed by atoms with Gasteiger partial charge in [-0.05, 0) is 25.0 Å². The fourth-order valence-electron chi connectivity index (χ4n) is 2.77. The first-order chi connectivity index (χ1) is 10.3. The summed E-state index contributed by atoms with van der Waals surface area (Å²) in [7, 11) is 0. The fraction of sp³-hybridized carbons (Fsp3) is 0.375. The van der Waals surface area contributed by atoms with Crippen LogP contribution in [-0.2, 0) is 0 Å². The predicted molar refractivity (Wildman–Crippen MR) is 87.0 cm³/mol. The molecule has 0 spiro atoms. The van der Waals surface area contributed by atoms with Crippen LogP contribution in [0.4, 0.5) is 5.69 Å². The minimum atomic E-state index is 0.366. The Balaban J connectivity index is 1.76. The number of nitrogens with one attached hydrogen (secondary N) is 2. The number of guanidine groups is 1. The molecule has 5 nitrogen and oxygen atoms in total. The number of fused-ring (bicyclic) bond motifs is 1. The van der Waals surface area contributed by atoms with Gasteiger partial charge in [0.2, 0.25) is 5.96 Å². The predicted octanol–water partition coefficient (Wildman–Crippen LogP) is 2.80. The standard InChI is InChI=1S/C16H21N5/c17-21-16(19-13-7-2-1-3-8-13)20-14-10-12-6-4-5-9-15(12)18-11-14/h4-6,9-11,13H,1-3,7-8,17H2,(H2,19,20,21). The summed E-state index contributed by atoms with van der Waals surface area (Å²) in [6.45, 7) is 0. The SMILES string of the molecule is NNC(=NC1CCCCC1)Nc1cnc2ccccc2c1. The Hall–Kier alpha value is -2.14. The lowest BCUT2D eigenvalue weighted by atomic mass is 9.96. The molecule has 0 unspecified atom stereocenters. The minimum absolute atomic E-state index is 0.366. The van der Waals surface area contributed by atoms with Crippen molar-refractivity contribution in [3.63, 3.8) is 0 Å². The first-order valence-corrected chi connectivity index (χ1v) is 7.51. The molecule has 21 heavy (non-hydrogen) atoms. The second-order valence-corrected chi connectivity index (χ2v) is 5.46. The van der Waals surface area contributed by atoms with Gasteiger partial charge in [-0.1, -0.05) is 37.5 Å². The van der Waals surface area contributed by atoms with Gasteiger partial charge in [-0.3, -0.25) is 10.4 Å². The third-order valence-corrected chi connectivity index (χ3v) is 3.88. The zero-order chi connectivity index (χ0) is 14.5. The third-order valence-electron chi connectivity index (χ3n) is 3.88. The van der Waals surface area contributed by atoms with Crippen molar-refractivity contribution in [3.8, 4) is 0 Å². The summed E-state index contributed by atoms with van der Waals surface area (Å²) >= 11 is 0. The van der Waals surface area contributed by atoms with Crippen molar-refractivity contribution in [2.75, 3.05) is 5.32 Å². The molecule has 0 aliphatic heterocycles. The Kier molecular flexibility index (Phi) is 4.31. The van der Waals surface area contributed by atoms with Crippen LogP contribution in [0, 0.1) is 0 Å². The number of pyridine rings is 1. The van der Waals surface area contributed by atoms with Crippen molar-refractivity contribution in [2.24, 2.45) is 10.8 Å². The molecule has 4 N–H and O–H groups in total. The van der Waals surface area contributed by atoms with E-state index in [9.17, 15) is 0 Å². The normalized spacial score (nSPS) is 16.9. The molecule has 1 aliphatic carbocycles. The molecule has 0 bridgehead atoms. The highest BCUT2D eigenvalue weighted by atomic mass is 15.3. The van der Waals surface area contributed by atoms with Crippen LogP contribution >= 0.6 is 0 Å². The van der Waals surface area contributed by atoms with Gasteiger partial charge in [0.15, 0.2) is 0 Å². The van der Waals surface area contributed by atoms with Crippen LogP contribution in [0.5, 0.6) is 0 Å². The van der Waals surface area contributed by atoms with E-state index in [1.165, 1.54) is 19.3 Å². The number of benzene rings is 1. The average molecular weight is 283 g/mol. The maximum Gasteiger partial charge on any atom is 0.210 e. The van der Waals surface area contributed by atoms with E-state index in [1.54, 1.807) is 6.20 Å². The Morgan fingerprint density at radius 3 is 2.81 bits per heavy atom. The smallest absolute Gasteiger partial charge is 0.210 e. The van der Waals surface area contributed by atoms with Crippen LogP contribution in [0.2, 0.25) is 0 Å². The van der Waals surface area contributed by atoms with Crippen LogP contribution in [0.25, 0.3) is 10.9 Å². The molecule has 1 aromatic heterocycles. The van der Waals surface area contributed by atoms with Gasteiger partial charge in [0, 0.05) is 5.39 Å². The topological polar surface area (TPSA) is 75.3 Å². The first kappa shape index (κ1) is 13.8. The number of anilines is 1. The van der Waals surface area contributed by atoms with E-state index >= 15 is 0 Å². The Labute approximate surface area is 124 Å². The molecule has 0 amide bonds. The number of para-hydroxylation sites is 1. The van der Waals surface area contributed by atoms with Gasteiger partial charge >= 0.3 is 0 Å². The van der Waals surface area contributed by atoms with Crippen LogP contribution in [-0.4, -0.2) is 17.0 Å². The van der Waals surface area contributed by atoms with Crippen molar-refractivity contribution in [1.29, 1.82) is 0 Å². The van der Waals surface area contributed by atoms with Gasteiger partial charge in [0.05, 0.1) is 23.4 Å². The number of hydrazine groups is 1. The number of aliphatic imine (C=N–C) groups is 1. The van der Waals surface area contributed by atoms with Crippen molar-refractivity contribution in [1.82, 2.24) is 10.4 Å². The number of nitrogens with two attached hydrogens (primary N) is 1. The molecule has 1 aromatic carbocycles. The molecule has 1 saturated carbocycles. The number of rotatable bonds is 2. The van der Waals surface area contributed by atoms with E-state index in [0.29, 0.717) is 12.0 Å². The van der Waals surface area contributed by atoms with Gasteiger partial charge < -0.3 is 5.32 Å². The summed E-state index contributed by atoms with van der Waals surface area (Å²) in [4.78, 5) is 9.10. The molecule has 2 aromatic rings. The van der Waals surface area contributed by atoms with E-state index in [2.05, 4.69) is 26.8 Å². The summed E-state index contributed by atoms with van der Waals surface area (Å²) in [5, 5.41) is 4.31. The Bertz CT molecular complexity index is 631. The first-order valence-electron chi connectivity index (χ1n) is 7.51. The van der Waals surface area contributed by atoms with Crippen LogP contribution in [0.15, 0.2) is 41.5 Å². The van der Waals surface area contributed by atoms with Gasteiger partial charge in [-0.25, -0.2) is 10.8 Å². The lowest BCUT2D eigenvalue weighted by molar-refractivity contribution is 0.442. The molecular formula is C16H21N5. The van der Waals surface area contributed by atoms with Crippen LogP contribution in [0.3, 0.4) is 0 Å². The molecule has 3 rings (SSSR count). The number of hydrogen-bond donors (Lipinski definition) is 3. The summed E-state index contributed by atoms with van der Waals surface area (Å²) in [6, 6.07) is 10.5. The lowest BCUT2D eigenvalue weighted by Crippen LogP contribution is -2.37. The largest absolute Gasteiger partial charge is 0.324 e. The molecule has 5 heteroatoms. The van der Waals surface area contributed by atoms with E-state index < -0.39 is 0 Å². The molecule has 1 fully saturated rings. The van der Waals surface area contributed by atoms with Crippen molar-refractivity contribution < 1.29 is 0 Å². The molecule has 110 valence electrons. The quantitative estimate of drug-likeness (QED) is 0.343. The summed E-state index contributed by atoms with van der Waals surface area (Å²) in [5.41, 5.74) is 4.53. The van der Waals surface area contributed by atoms with E-state index in [1.807, 2.05) is 24.3 Å². The molecular weight excluding hydrogens is 262 g/mol. The van der Waals surface area contributed by atoms with Gasteiger partial charge in [-0.2, -0.15) is 0 Å². The summed E-state index contributed by atoms with van der Waals surface area (Å²) < 4.78 is 0. The van der Waals surface area contributed by atoms with Crippen molar-refractivity contribution in [3.05, 3.63) is 36.5 Å². The summed E-state index contributed by atoms with van der Waals surface area (Å²) in [5.74, 6) is 6.20. The van der Waals surface area contributed by atoms with E-state index in [-0.39, 0.29) is 0 Å². The van der Waals surface area contributed by atoms with Crippen LogP contribution < -0.4 is 16.6 Å². The zero-order valence-corrected chi connectivity index (χ0v) is 12.0. The van der Waals surface area contributed by atoms with Gasteiger partial charge in [-0.15, -0.1) is 0 Å². The monoisotopic (exact) mass is 283 g/mol. The average Bonchev–Trinajstić information content (AvgIpc) is 2.55. The molecule has 1 aliphatic rings. The molecule has 0 atom stereocenters. The van der Waals surface area contributed by atoms with Crippen molar-refractivity contribution in [2.45, 2.75) is 38.1 Å². The maximum atomic E-state index is 5.59. The summed E-state index contributed by atoms with van der Waals surface area (Å²) in [6.07, 6.45) is 7.91. The second-order valence-electron chi connectivity index (χ2n) is 5.46. The van der Waals surface area contributed by atoms with Gasteiger partial charge in [0.1, 0.15) is 0 Å². The minimum Gasteiger partial charge on any atom is -0.324 e.